The maximum Gasteiger partial charge on any atom is 0.349 e. The van der Waals surface area contributed by atoms with Gasteiger partial charge in [-0.1, -0.05) is 0 Å². The van der Waals surface area contributed by atoms with Gasteiger partial charge in [-0.2, -0.15) is 0 Å². The molecule has 56 valence electrons. The monoisotopic (exact) mass is 143 g/mol. The summed E-state index contributed by atoms with van der Waals surface area (Å²) in [5.74, 6) is -0.333. The van der Waals surface area contributed by atoms with E-state index in [0.717, 1.165) is 0 Å². The van der Waals surface area contributed by atoms with Gasteiger partial charge in [0.15, 0.2) is 6.40 Å². The van der Waals surface area contributed by atoms with Crippen LogP contribution in [0.4, 0.5) is 0 Å². The Morgan fingerprint density at radius 3 is 3.30 bits per heavy atom. The second-order valence-corrected chi connectivity index (χ2v) is 1.85. The van der Waals surface area contributed by atoms with Crippen LogP contribution in [0.3, 0.4) is 0 Å². The third-order valence-corrected chi connectivity index (χ3v) is 1.12. The van der Waals surface area contributed by atoms with Crippen LogP contribution in [-0.2, 0) is 14.3 Å². The van der Waals surface area contributed by atoms with Gasteiger partial charge in [0.2, 0.25) is 6.10 Å². The van der Waals surface area contributed by atoms with E-state index < -0.39 is 6.10 Å². The minimum atomic E-state index is -0.500. The Morgan fingerprint density at radius 1 is 2.00 bits per heavy atom. The van der Waals surface area contributed by atoms with E-state index in [0.29, 0.717) is 13.2 Å². The molecular formula is C6H9NO3. The first-order chi connectivity index (χ1) is 4.84. The van der Waals surface area contributed by atoms with Crippen molar-refractivity contribution in [2.24, 2.45) is 4.99 Å². The summed E-state index contributed by atoms with van der Waals surface area (Å²) in [6.07, 6.45) is 0.779. The second kappa shape index (κ2) is 3.20. The van der Waals surface area contributed by atoms with Gasteiger partial charge in [0.1, 0.15) is 0 Å². The van der Waals surface area contributed by atoms with Crippen molar-refractivity contribution in [2.75, 3.05) is 13.2 Å². The Kier molecular flexibility index (Phi) is 2.25. The van der Waals surface area contributed by atoms with Crippen molar-refractivity contribution in [3.63, 3.8) is 0 Å². The molecule has 1 aliphatic heterocycles. The number of hydrogen-bond donors (Lipinski definition) is 0. The largest absolute Gasteiger partial charge is 0.467 e. The van der Waals surface area contributed by atoms with Crippen LogP contribution < -0.4 is 0 Å². The van der Waals surface area contributed by atoms with Crippen LogP contribution in [0.1, 0.15) is 6.92 Å². The third kappa shape index (κ3) is 1.46. The van der Waals surface area contributed by atoms with Crippen LogP contribution >= 0.6 is 0 Å². The summed E-state index contributed by atoms with van der Waals surface area (Å²) in [6, 6.07) is 0. The molecule has 0 saturated heterocycles. The summed E-state index contributed by atoms with van der Waals surface area (Å²) in [6.45, 7) is 2.53. The molecule has 1 rings (SSSR count). The van der Waals surface area contributed by atoms with Crippen LogP contribution in [0.25, 0.3) is 0 Å². The molecule has 10 heavy (non-hydrogen) atoms. The normalized spacial score (nSPS) is 22.3. The van der Waals surface area contributed by atoms with E-state index in [1.165, 1.54) is 6.40 Å². The zero-order valence-corrected chi connectivity index (χ0v) is 5.74. The first-order valence-corrected chi connectivity index (χ1v) is 3.15. The molecule has 1 atom stereocenters. The average molecular weight is 143 g/mol. The molecular weight excluding hydrogens is 134 g/mol. The third-order valence-electron chi connectivity index (χ3n) is 1.12. The highest BCUT2D eigenvalue weighted by Gasteiger charge is 2.22. The molecule has 1 aliphatic rings. The Hall–Kier alpha value is -1.06. The van der Waals surface area contributed by atoms with Crippen molar-refractivity contribution in [3.05, 3.63) is 0 Å². The first kappa shape index (κ1) is 7.05. The second-order valence-electron chi connectivity index (χ2n) is 1.85. The molecule has 0 aromatic carbocycles. The van der Waals surface area contributed by atoms with Crippen molar-refractivity contribution in [2.45, 2.75) is 13.0 Å². The van der Waals surface area contributed by atoms with Gasteiger partial charge < -0.3 is 9.47 Å². The maximum atomic E-state index is 10.8. The summed E-state index contributed by atoms with van der Waals surface area (Å²) in [7, 11) is 0. The standard InChI is InChI=1S/C6H9NO3/c1-2-9-6(8)5-3-7-4-10-5/h4-5H,2-3H2,1H3. The molecule has 4 heteroatoms. The highest BCUT2D eigenvalue weighted by atomic mass is 16.6. The smallest absolute Gasteiger partial charge is 0.349 e. The van der Waals surface area contributed by atoms with E-state index in [4.69, 9.17) is 4.74 Å². The molecule has 0 aliphatic carbocycles. The topological polar surface area (TPSA) is 47.9 Å². The molecule has 0 aromatic heterocycles. The lowest BCUT2D eigenvalue weighted by molar-refractivity contribution is -0.150. The highest BCUT2D eigenvalue weighted by Crippen LogP contribution is 2.00. The Bertz CT molecular complexity index is 147. The molecule has 0 aromatic rings. The highest BCUT2D eigenvalue weighted by molar-refractivity contribution is 5.77. The van der Waals surface area contributed by atoms with Gasteiger partial charge in [-0.3, -0.25) is 4.99 Å². The Labute approximate surface area is 58.8 Å². The molecule has 0 fully saturated rings. The molecule has 1 unspecified atom stereocenters. The SMILES string of the molecule is CCOC(=O)C1CN=CO1. The van der Waals surface area contributed by atoms with Crippen LogP contribution in [0.15, 0.2) is 4.99 Å². The predicted molar refractivity (Wildman–Crippen MR) is 34.9 cm³/mol. The van der Waals surface area contributed by atoms with Crippen molar-refractivity contribution < 1.29 is 14.3 Å². The molecule has 1 heterocycles. The van der Waals surface area contributed by atoms with Gasteiger partial charge in [-0.25, -0.2) is 4.79 Å². The fourth-order valence-electron chi connectivity index (χ4n) is 0.664. The van der Waals surface area contributed by atoms with E-state index in [-0.39, 0.29) is 5.97 Å². The van der Waals surface area contributed by atoms with Crippen LogP contribution in [0.2, 0.25) is 0 Å². The Balaban J connectivity index is 2.28. The van der Waals surface area contributed by atoms with Crippen molar-refractivity contribution in [3.8, 4) is 0 Å². The summed E-state index contributed by atoms with van der Waals surface area (Å²) < 4.78 is 9.48. The summed E-state index contributed by atoms with van der Waals surface area (Å²) in [5.41, 5.74) is 0. The van der Waals surface area contributed by atoms with Gasteiger partial charge >= 0.3 is 5.97 Å². The number of aliphatic imine (C=N–C) groups is 1. The minimum Gasteiger partial charge on any atom is -0.467 e. The lowest BCUT2D eigenvalue weighted by atomic mass is 10.4. The van der Waals surface area contributed by atoms with Crippen molar-refractivity contribution in [1.82, 2.24) is 0 Å². The summed E-state index contributed by atoms with van der Waals surface area (Å²) >= 11 is 0. The fraction of sp³-hybridized carbons (Fsp3) is 0.667. The maximum absolute atomic E-state index is 10.8. The molecule has 0 bridgehead atoms. The van der Waals surface area contributed by atoms with Crippen molar-refractivity contribution in [1.29, 1.82) is 0 Å². The van der Waals surface area contributed by atoms with E-state index in [1.807, 2.05) is 0 Å². The number of carbonyl (C=O) groups excluding carboxylic acids is 1. The van der Waals surface area contributed by atoms with Gasteiger partial charge in [0.05, 0.1) is 13.2 Å². The molecule has 0 N–H and O–H groups in total. The van der Waals surface area contributed by atoms with Crippen LogP contribution in [0, 0.1) is 0 Å². The number of carbonyl (C=O) groups is 1. The van der Waals surface area contributed by atoms with Gasteiger partial charge in [-0.15, -0.1) is 0 Å². The van der Waals surface area contributed by atoms with E-state index in [2.05, 4.69) is 9.73 Å². The summed E-state index contributed by atoms with van der Waals surface area (Å²) in [5, 5.41) is 0. The molecule has 0 amide bonds. The lowest BCUT2D eigenvalue weighted by Gasteiger charge is -2.06. The quantitative estimate of drug-likeness (QED) is 0.510. The first-order valence-electron chi connectivity index (χ1n) is 3.15. The van der Waals surface area contributed by atoms with Crippen molar-refractivity contribution >= 4 is 12.4 Å². The van der Waals surface area contributed by atoms with Crippen LogP contribution in [0.5, 0.6) is 0 Å². The fourth-order valence-corrected chi connectivity index (χ4v) is 0.664. The Morgan fingerprint density at radius 2 is 2.80 bits per heavy atom. The minimum absolute atomic E-state index is 0.333. The molecule has 4 nitrogen and oxygen atoms in total. The zero-order chi connectivity index (χ0) is 7.40. The lowest BCUT2D eigenvalue weighted by Crippen LogP contribution is -2.25. The van der Waals surface area contributed by atoms with Crippen LogP contribution in [-0.4, -0.2) is 31.6 Å². The van der Waals surface area contributed by atoms with E-state index in [9.17, 15) is 4.79 Å². The summed E-state index contributed by atoms with van der Waals surface area (Å²) in [4.78, 5) is 14.5. The number of nitrogens with zero attached hydrogens (tertiary/aromatic N) is 1. The molecule has 0 radical (unpaired) electrons. The number of hydrogen-bond acceptors (Lipinski definition) is 4. The van der Waals surface area contributed by atoms with E-state index in [1.54, 1.807) is 6.92 Å². The number of rotatable bonds is 2. The van der Waals surface area contributed by atoms with Gasteiger partial charge in [-0.05, 0) is 6.92 Å². The number of esters is 1. The predicted octanol–water partition coefficient (Wildman–Crippen LogP) is -0.0234. The average Bonchev–Trinajstić information content (AvgIpc) is 2.38. The van der Waals surface area contributed by atoms with E-state index >= 15 is 0 Å². The molecule has 0 spiro atoms. The van der Waals surface area contributed by atoms with Gasteiger partial charge in [0, 0.05) is 0 Å². The van der Waals surface area contributed by atoms with Gasteiger partial charge in [0.25, 0.3) is 0 Å². The zero-order valence-electron chi connectivity index (χ0n) is 5.74. The molecule has 0 saturated carbocycles. The number of ether oxygens (including phenoxy) is 2.